The predicted molar refractivity (Wildman–Crippen MR) is 119 cm³/mol. The highest BCUT2D eigenvalue weighted by Crippen LogP contribution is 2.44. The average Bonchev–Trinajstić information content (AvgIpc) is 3.33. The van der Waals surface area contributed by atoms with Crippen molar-refractivity contribution in [1.82, 2.24) is 20.5 Å². The number of alkyl halides is 5. The molecule has 0 aromatic rings. The van der Waals surface area contributed by atoms with E-state index in [0.29, 0.717) is 43.9 Å². The molecule has 0 aromatic carbocycles. The number of aliphatic imine (C=N–C) groups is 2. The van der Waals surface area contributed by atoms with Crippen molar-refractivity contribution in [3.8, 4) is 0 Å². The van der Waals surface area contributed by atoms with E-state index in [1.807, 2.05) is 7.05 Å². The summed E-state index contributed by atoms with van der Waals surface area (Å²) in [4.78, 5) is 11.2. The van der Waals surface area contributed by atoms with Crippen LogP contribution < -0.4 is 10.6 Å². The van der Waals surface area contributed by atoms with Gasteiger partial charge in [-0.05, 0) is 45.1 Å². The smallest absolute Gasteiger partial charge is 0.359 e. The van der Waals surface area contributed by atoms with E-state index >= 15 is 0 Å². The van der Waals surface area contributed by atoms with Gasteiger partial charge in [-0.2, -0.15) is 18.3 Å². The standard InChI is InChI=1S/C22H30F5N7/c1-13-30-17(22(25,26)27)12-33(13)20(6-3-7-20)16-10-29-34-11-15(31-19(34)32-16)18(28-2)14-4-8-21(23,24)9-5-14/h10,14-15,17-18,28,30H,1,3-9,11-12H2,2H3. The van der Waals surface area contributed by atoms with Gasteiger partial charge in [-0.15, -0.1) is 0 Å². The summed E-state index contributed by atoms with van der Waals surface area (Å²) in [5, 5.41) is 12.0. The van der Waals surface area contributed by atoms with Gasteiger partial charge < -0.3 is 15.5 Å². The van der Waals surface area contributed by atoms with Crippen molar-refractivity contribution in [3.05, 3.63) is 12.4 Å². The van der Waals surface area contributed by atoms with Crippen molar-refractivity contribution in [2.45, 2.75) is 80.7 Å². The molecule has 3 atom stereocenters. The minimum absolute atomic E-state index is 0.0733. The Labute approximate surface area is 195 Å². The van der Waals surface area contributed by atoms with Crippen molar-refractivity contribution in [2.75, 3.05) is 20.1 Å². The minimum atomic E-state index is -4.37. The molecule has 3 fully saturated rings. The van der Waals surface area contributed by atoms with Gasteiger partial charge in [0.25, 0.3) is 0 Å². The van der Waals surface area contributed by atoms with Crippen LogP contribution in [0.25, 0.3) is 0 Å². The van der Waals surface area contributed by atoms with Crippen molar-refractivity contribution in [1.29, 1.82) is 0 Å². The fourth-order valence-corrected chi connectivity index (χ4v) is 5.95. The van der Waals surface area contributed by atoms with Gasteiger partial charge in [-0.1, -0.05) is 6.58 Å². The van der Waals surface area contributed by atoms with Gasteiger partial charge in [0.05, 0.1) is 35.9 Å². The first-order chi connectivity index (χ1) is 16.0. The quantitative estimate of drug-likeness (QED) is 0.585. The maximum atomic E-state index is 13.6. The van der Waals surface area contributed by atoms with Crippen LogP contribution in [0.4, 0.5) is 22.0 Å². The third-order valence-corrected chi connectivity index (χ3v) is 8.03. The second-order valence-electron chi connectivity index (χ2n) is 10.0. The average molecular weight is 488 g/mol. The molecule has 12 heteroatoms. The summed E-state index contributed by atoms with van der Waals surface area (Å²) >= 11 is 0. The van der Waals surface area contributed by atoms with Gasteiger partial charge in [0.2, 0.25) is 11.9 Å². The highest BCUT2D eigenvalue weighted by molar-refractivity contribution is 6.38. The molecular formula is C22H30F5N7. The number of nitrogens with one attached hydrogen (secondary N) is 2. The van der Waals surface area contributed by atoms with E-state index in [9.17, 15) is 22.0 Å². The summed E-state index contributed by atoms with van der Waals surface area (Å²) in [5.41, 5.74) is -0.0871. The van der Waals surface area contributed by atoms with Crippen LogP contribution in [0.1, 0.15) is 44.9 Å². The molecule has 0 amide bonds. The van der Waals surface area contributed by atoms with E-state index in [0.717, 1.165) is 6.42 Å². The largest absolute Gasteiger partial charge is 0.410 e. The van der Waals surface area contributed by atoms with E-state index in [1.54, 1.807) is 16.1 Å². The molecule has 2 N–H and O–H groups in total. The lowest BCUT2D eigenvalue weighted by Gasteiger charge is -2.49. The molecule has 34 heavy (non-hydrogen) atoms. The van der Waals surface area contributed by atoms with Gasteiger partial charge in [0.1, 0.15) is 6.04 Å². The summed E-state index contributed by atoms with van der Waals surface area (Å²) in [5.74, 6) is -1.82. The Balaban J connectivity index is 1.35. The van der Waals surface area contributed by atoms with Crippen LogP contribution in [-0.2, 0) is 0 Å². The molecule has 0 bridgehead atoms. The van der Waals surface area contributed by atoms with Crippen LogP contribution in [0.3, 0.4) is 0 Å². The summed E-state index contributed by atoms with van der Waals surface area (Å²) in [6.45, 7) is 4.10. The normalized spacial score (nSPS) is 31.5. The zero-order chi connectivity index (χ0) is 24.3. The van der Waals surface area contributed by atoms with Crippen molar-refractivity contribution in [3.63, 3.8) is 0 Å². The van der Waals surface area contributed by atoms with Gasteiger partial charge in [0, 0.05) is 25.4 Å². The minimum Gasteiger partial charge on any atom is -0.359 e. The van der Waals surface area contributed by atoms with Crippen molar-refractivity contribution >= 4 is 17.9 Å². The molecular weight excluding hydrogens is 457 g/mol. The highest BCUT2D eigenvalue weighted by Gasteiger charge is 2.55. The number of hydrazone groups is 1. The Morgan fingerprint density at radius 3 is 2.44 bits per heavy atom. The summed E-state index contributed by atoms with van der Waals surface area (Å²) < 4.78 is 67.2. The van der Waals surface area contributed by atoms with Crippen LogP contribution in [0.15, 0.2) is 27.5 Å². The Morgan fingerprint density at radius 2 is 1.88 bits per heavy atom. The van der Waals surface area contributed by atoms with Crippen LogP contribution in [0, 0.1) is 5.92 Å². The van der Waals surface area contributed by atoms with E-state index in [-0.39, 0.29) is 43.2 Å². The number of halogens is 5. The molecule has 188 valence electrons. The van der Waals surface area contributed by atoms with Gasteiger partial charge >= 0.3 is 6.18 Å². The van der Waals surface area contributed by atoms with E-state index in [4.69, 9.17) is 9.98 Å². The third-order valence-electron chi connectivity index (χ3n) is 8.03. The molecule has 3 unspecified atom stereocenters. The Hall–Kier alpha value is -2.24. The monoisotopic (exact) mass is 487 g/mol. The zero-order valence-electron chi connectivity index (χ0n) is 19.1. The SMILES string of the molecule is C=C1NC(C(F)(F)F)CN1C1(C2=NC3=NC(C(NC)C4CCC(F)(F)CC4)CN3N=C2)CCC1. The van der Waals surface area contributed by atoms with Gasteiger partial charge in [0.15, 0.2) is 0 Å². The first-order valence-corrected chi connectivity index (χ1v) is 11.9. The first kappa shape index (κ1) is 23.5. The highest BCUT2D eigenvalue weighted by atomic mass is 19.4. The number of hydrogen-bond donors (Lipinski definition) is 2. The molecule has 1 saturated heterocycles. The molecule has 2 aliphatic carbocycles. The first-order valence-electron chi connectivity index (χ1n) is 11.9. The fraction of sp³-hybridized carbons (Fsp3) is 0.773. The van der Waals surface area contributed by atoms with Crippen LogP contribution in [0.5, 0.6) is 0 Å². The zero-order valence-corrected chi connectivity index (χ0v) is 19.1. The van der Waals surface area contributed by atoms with Crippen LogP contribution in [-0.4, -0.2) is 83.7 Å². The number of fused-ring (bicyclic) bond motifs is 1. The summed E-state index contributed by atoms with van der Waals surface area (Å²) in [6.07, 6.45) is 0.110. The van der Waals surface area contributed by atoms with Crippen LogP contribution >= 0.6 is 0 Å². The number of guanidine groups is 1. The van der Waals surface area contributed by atoms with Crippen LogP contribution in [0.2, 0.25) is 0 Å². The Bertz CT molecular complexity index is 913. The third kappa shape index (κ3) is 3.97. The molecule has 3 heterocycles. The fourth-order valence-electron chi connectivity index (χ4n) is 5.95. The number of nitrogens with zero attached hydrogens (tertiary/aromatic N) is 5. The van der Waals surface area contributed by atoms with Gasteiger partial charge in [-0.3, -0.25) is 0 Å². The summed E-state index contributed by atoms with van der Waals surface area (Å²) in [6, 6.07) is -1.93. The second kappa shape index (κ2) is 8.17. The van der Waals surface area contributed by atoms with E-state index in [2.05, 4.69) is 22.3 Å². The van der Waals surface area contributed by atoms with E-state index in [1.165, 1.54) is 0 Å². The number of hydrogen-bond acceptors (Lipinski definition) is 7. The van der Waals surface area contributed by atoms with Crippen molar-refractivity contribution in [2.24, 2.45) is 21.0 Å². The predicted octanol–water partition coefficient (Wildman–Crippen LogP) is 3.11. The Morgan fingerprint density at radius 1 is 1.18 bits per heavy atom. The number of rotatable bonds is 5. The lowest BCUT2D eigenvalue weighted by Crippen LogP contribution is -2.59. The van der Waals surface area contributed by atoms with Gasteiger partial charge in [-0.25, -0.2) is 23.8 Å². The lowest BCUT2D eigenvalue weighted by atomic mass is 9.71. The lowest BCUT2D eigenvalue weighted by molar-refractivity contribution is -0.151. The molecule has 0 spiro atoms. The Kier molecular flexibility index (Phi) is 5.64. The molecule has 0 aromatic heterocycles. The second-order valence-corrected chi connectivity index (χ2v) is 10.0. The molecule has 7 nitrogen and oxygen atoms in total. The maximum Gasteiger partial charge on any atom is 0.410 e. The molecule has 5 aliphatic rings. The molecule has 0 radical (unpaired) electrons. The molecule has 2 saturated carbocycles. The van der Waals surface area contributed by atoms with E-state index < -0.39 is 23.7 Å². The number of likely N-dealkylation sites (N-methyl/N-ethyl adjacent to an activating group) is 1. The topological polar surface area (TPSA) is 67.6 Å². The maximum absolute atomic E-state index is 13.6. The molecule has 3 aliphatic heterocycles. The summed E-state index contributed by atoms with van der Waals surface area (Å²) in [7, 11) is 1.82. The van der Waals surface area contributed by atoms with Crippen molar-refractivity contribution < 1.29 is 22.0 Å². The molecule has 5 rings (SSSR count).